The van der Waals surface area contributed by atoms with Crippen molar-refractivity contribution in [1.29, 1.82) is 0 Å². The summed E-state index contributed by atoms with van der Waals surface area (Å²) in [6.45, 7) is 3.15. The molecule has 1 aliphatic rings. The van der Waals surface area contributed by atoms with Gasteiger partial charge >= 0.3 is 0 Å². The minimum Gasteiger partial charge on any atom is -0.487 e. The zero-order valence-electron chi connectivity index (χ0n) is 17.1. The van der Waals surface area contributed by atoms with Gasteiger partial charge in [0.25, 0.3) is 11.8 Å². The molecule has 4 aromatic rings. The number of likely N-dealkylation sites (tertiary alicyclic amines) is 1. The molecule has 2 heterocycles. The zero-order valence-corrected chi connectivity index (χ0v) is 17.1. The molecule has 0 aliphatic carbocycles. The molecule has 0 bridgehead atoms. The Morgan fingerprint density at radius 1 is 0.968 bits per heavy atom. The summed E-state index contributed by atoms with van der Waals surface area (Å²) < 4.78 is 11.4. The number of nitrogens with zero attached hydrogens (tertiary/aromatic N) is 3. The highest BCUT2D eigenvalue weighted by Crippen LogP contribution is 2.26. The lowest BCUT2D eigenvalue weighted by Crippen LogP contribution is -2.56. The van der Waals surface area contributed by atoms with Crippen LogP contribution in [-0.2, 0) is 0 Å². The molecule has 0 atom stereocenters. The minimum absolute atomic E-state index is 0.00676. The highest BCUT2D eigenvalue weighted by Gasteiger charge is 2.32. The van der Waals surface area contributed by atoms with Crippen molar-refractivity contribution in [2.24, 2.45) is 0 Å². The number of hydrogen-bond donors (Lipinski definition) is 0. The highest BCUT2D eigenvalue weighted by molar-refractivity contribution is 5.95. The van der Waals surface area contributed by atoms with Gasteiger partial charge in [-0.25, -0.2) is 0 Å². The van der Waals surface area contributed by atoms with Gasteiger partial charge in [-0.3, -0.25) is 4.79 Å². The number of aromatic nitrogens is 2. The van der Waals surface area contributed by atoms with E-state index in [9.17, 15) is 4.79 Å². The Morgan fingerprint density at radius 3 is 2.48 bits per heavy atom. The maximum absolute atomic E-state index is 12.5. The number of hydrogen-bond acceptors (Lipinski definition) is 5. The van der Waals surface area contributed by atoms with Crippen LogP contribution in [0.2, 0.25) is 0 Å². The number of carbonyl (C=O) groups excluding carboxylic acids is 1. The van der Waals surface area contributed by atoms with Crippen molar-refractivity contribution in [1.82, 2.24) is 15.0 Å². The smallest absolute Gasteiger partial charge is 0.258 e. The van der Waals surface area contributed by atoms with Gasteiger partial charge in [-0.05, 0) is 43.3 Å². The van der Waals surface area contributed by atoms with E-state index in [0.717, 1.165) is 28.0 Å². The number of benzene rings is 3. The fraction of sp³-hybridized carbons (Fsp3) is 0.160. The summed E-state index contributed by atoms with van der Waals surface area (Å²) in [7, 11) is 0. The summed E-state index contributed by atoms with van der Waals surface area (Å²) in [5.74, 6) is 1.82. The zero-order chi connectivity index (χ0) is 21.2. The third-order valence-corrected chi connectivity index (χ3v) is 5.26. The van der Waals surface area contributed by atoms with Crippen LogP contribution in [-0.4, -0.2) is 40.1 Å². The van der Waals surface area contributed by atoms with Crippen LogP contribution >= 0.6 is 0 Å². The summed E-state index contributed by atoms with van der Waals surface area (Å²) >= 11 is 0. The van der Waals surface area contributed by atoms with Gasteiger partial charge < -0.3 is 14.2 Å². The standard InChI is InChI=1S/C25H21N3O3/c1-17-6-5-9-20(14-17)25(29)28-15-22(16-28)30-21-12-10-19(11-13-21)24-26-23(27-31-24)18-7-3-2-4-8-18/h2-14,22H,15-16H2,1H3. The Labute approximate surface area is 180 Å². The normalized spacial score (nSPS) is 13.6. The third kappa shape index (κ3) is 4.05. The largest absolute Gasteiger partial charge is 0.487 e. The van der Waals surface area contributed by atoms with Gasteiger partial charge in [0.05, 0.1) is 13.1 Å². The van der Waals surface area contributed by atoms with Gasteiger partial charge in [-0.2, -0.15) is 4.98 Å². The molecule has 154 valence electrons. The summed E-state index contributed by atoms with van der Waals surface area (Å²) in [4.78, 5) is 18.8. The van der Waals surface area contributed by atoms with Crippen LogP contribution in [0.5, 0.6) is 5.75 Å². The average Bonchev–Trinajstić information content (AvgIpc) is 3.27. The molecule has 0 saturated carbocycles. The topological polar surface area (TPSA) is 68.5 Å². The first-order chi connectivity index (χ1) is 15.2. The molecule has 1 amide bonds. The van der Waals surface area contributed by atoms with Gasteiger partial charge in [0.2, 0.25) is 5.82 Å². The van der Waals surface area contributed by atoms with Crippen molar-refractivity contribution in [2.75, 3.05) is 13.1 Å². The second kappa shape index (κ2) is 8.07. The Bertz CT molecular complexity index is 1200. The van der Waals surface area contributed by atoms with E-state index in [4.69, 9.17) is 9.26 Å². The van der Waals surface area contributed by atoms with Crippen LogP contribution in [0.4, 0.5) is 0 Å². The number of carbonyl (C=O) groups is 1. The van der Waals surface area contributed by atoms with Crippen LogP contribution in [0.25, 0.3) is 22.8 Å². The van der Waals surface area contributed by atoms with E-state index in [2.05, 4.69) is 10.1 Å². The van der Waals surface area contributed by atoms with Crippen LogP contribution in [0.1, 0.15) is 15.9 Å². The monoisotopic (exact) mass is 411 g/mol. The van der Waals surface area contributed by atoms with Crippen molar-refractivity contribution in [3.8, 4) is 28.6 Å². The van der Waals surface area contributed by atoms with Crippen LogP contribution in [0.3, 0.4) is 0 Å². The van der Waals surface area contributed by atoms with E-state index in [-0.39, 0.29) is 12.0 Å². The fourth-order valence-corrected chi connectivity index (χ4v) is 3.55. The molecule has 0 unspecified atom stereocenters. The van der Waals surface area contributed by atoms with Crippen LogP contribution in [0, 0.1) is 6.92 Å². The minimum atomic E-state index is -0.00676. The van der Waals surface area contributed by atoms with Gasteiger partial charge in [-0.15, -0.1) is 0 Å². The summed E-state index contributed by atoms with van der Waals surface area (Å²) in [5.41, 5.74) is 3.53. The van der Waals surface area contributed by atoms with Gasteiger partial charge in [0, 0.05) is 16.7 Å². The van der Waals surface area contributed by atoms with Gasteiger partial charge in [0.1, 0.15) is 11.9 Å². The number of ether oxygens (including phenoxy) is 1. The SMILES string of the molecule is Cc1cccc(C(=O)N2CC(Oc3ccc(-c4nc(-c5ccccc5)no4)cc3)C2)c1. The molecule has 3 aromatic carbocycles. The van der Waals surface area contributed by atoms with E-state index >= 15 is 0 Å². The first-order valence-corrected chi connectivity index (χ1v) is 10.2. The van der Waals surface area contributed by atoms with Crippen molar-refractivity contribution in [3.63, 3.8) is 0 Å². The maximum Gasteiger partial charge on any atom is 0.258 e. The molecular formula is C25H21N3O3. The van der Waals surface area contributed by atoms with E-state index in [0.29, 0.717) is 24.8 Å². The predicted molar refractivity (Wildman–Crippen MR) is 117 cm³/mol. The van der Waals surface area contributed by atoms with Crippen molar-refractivity contribution >= 4 is 5.91 Å². The van der Waals surface area contributed by atoms with E-state index in [1.54, 1.807) is 4.90 Å². The van der Waals surface area contributed by atoms with E-state index in [1.807, 2.05) is 85.8 Å². The molecule has 31 heavy (non-hydrogen) atoms. The van der Waals surface area contributed by atoms with Crippen LogP contribution < -0.4 is 4.74 Å². The Kier molecular flexibility index (Phi) is 4.96. The number of rotatable bonds is 5. The maximum atomic E-state index is 12.5. The lowest BCUT2D eigenvalue weighted by molar-refractivity contribution is 0.0178. The predicted octanol–water partition coefficient (Wildman–Crippen LogP) is 4.62. The molecule has 0 radical (unpaired) electrons. The Morgan fingerprint density at radius 2 is 1.74 bits per heavy atom. The summed E-state index contributed by atoms with van der Waals surface area (Å²) in [5, 5.41) is 4.06. The first kappa shape index (κ1) is 19.1. The van der Waals surface area contributed by atoms with Crippen LogP contribution in [0.15, 0.2) is 83.4 Å². The molecule has 5 rings (SSSR count). The molecular weight excluding hydrogens is 390 g/mol. The average molecular weight is 411 g/mol. The van der Waals surface area contributed by atoms with Crippen molar-refractivity contribution < 1.29 is 14.1 Å². The lowest BCUT2D eigenvalue weighted by atomic mass is 10.1. The molecule has 1 fully saturated rings. The van der Waals surface area contributed by atoms with E-state index < -0.39 is 0 Å². The second-order valence-electron chi connectivity index (χ2n) is 7.63. The van der Waals surface area contributed by atoms with Gasteiger partial charge in [0.15, 0.2) is 0 Å². The first-order valence-electron chi connectivity index (χ1n) is 10.2. The van der Waals surface area contributed by atoms with Crippen molar-refractivity contribution in [3.05, 3.63) is 90.0 Å². The molecule has 0 N–H and O–H groups in total. The number of aryl methyl sites for hydroxylation is 1. The Balaban J connectivity index is 1.18. The molecule has 1 aliphatic heterocycles. The van der Waals surface area contributed by atoms with Gasteiger partial charge in [-0.1, -0.05) is 53.2 Å². The molecule has 1 aromatic heterocycles. The highest BCUT2D eigenvalue weighted by atomic mass is 16.5. The fourth-order valence-electron chi connectivity index (χ4n) is 3.55. The molecule has 0 spiro atoms. The molecule has 1 saturated heterocycles. The summed E-state index contributed by atoms with van der Waals surface area (Å²) in [6, 6.07) is 24.9. The summed E-state index contributed by atoms with van der Waals surface area (Å²) in [6.07, 6.45) is -0.00676. The molecule has 6 heteroatoms. The lowest BCUT2D eigenvalue weighted by Gasteiger charge is -2.39. The van der Waals surface area contributed by atoms with Crippen molar-refractivity contribution in [2.45, 2.75) is 13.0 Å². The quantitative estimate of drug-likeness (QED) is 0.480. The Hall–Kier alpha value is -3.93. The second-order valence-corrected chi connectivity index (χ2v) is 7.63. The van der Waals surface area contributed by atoms with E-state index in [1.165, 1.54) is 0 Å². The third-order valence-electron chi connectivity index (χ3n) is 5.26. The number of amides is 1. The molecule has 6 nitrogen and oxygen atoms in total.